The van der Waals surface area contributed by atoms with Crippen molar-refractivity contribution >= 4 is 11.5 Å². The van der Waals surface area contributed by atoms with Gasteiger partial charge in [-0.1, -0.05) is 26.8 Å². The summed E-state index contributed by atoms with van der Waals surface area (Å²) in [6.45, 7) is 6.54. The number of carbonyl (C=O) groups excluding carboxylic acids is 1. The summed E-state index contributed by atoms with van der Waals surface area (Å²) in [6.07, 6.45) is -3.35. The first kappa shape index (κ1) is 25.7. The molecule has 1 aromatic carbocycles. The Hall–Kier alpha value is -1.99. The zero-order chi connectivity index (χ0) is 26.4. The largest absolute Gasteiger partial charge is 0.416 e. The fourth-order valence-corrected chi connectivity index (χ4v) is 8.59. The van der Waals surface area contributed by atoms with Crippen LogP contribution in [0.2, 0.25) is 0 Å². The Bertz CT molecular complexity index is 1070. The normalized spacial score (nSPS) is 38.8. The fraction of sp³-hybridized carbons (Fsp3) is 0.679. The van der Waals surface area contributed by atoms with E-state index in [1.807, 2.05) is 24.9 Å². The van der Waals surface area contributed by atoms with E-state index in [0.717, 1.165) is 37.8 Å². The molecule has 0 N–H and O–H groups in total. The van der Waals surface area contributed by atoms with Gasteiger partial charge in [-0.15, -0.1) is 0 Å². The van der Waals surface area contributed by atoms with Crippen LogP contribution in [0.15, 0.2) is 24.3 Å². The van der Waals surface area contributed by atoms with Crippen LogP contribution in [0.4, 0.5) is 26.3 Å². The summed E-state index contributed by atoms with van der Waals surface area (Å²) in [7, 11) is 1.89. The average molecular weight is 514 g/mol. The molecular formula is C28H33F6NO. The number of carbonyl (C=O) groups is 1. The van der Waals surface area contributed by atoms with E-state index in [4.69, 9.17) is 0 Å². The molecule has 1 saturated heterocycles. The van der Waals surface area contributed by atoms with E-state index >= 15 is 0 Å². The Morgan fingerprint density at radius 2 is 1.56 bits per heavy atom. The Balaban J connectivity index is 1.52. The Morgan fingerprint density at radius 3 is 2.14 bits per heavy atom. The highest BCUT2D eigenvalue weighted by atomic mass is 19.4. The first-order valence-electron chi connectivity index (χ1n) is 12.8. The summed E-state index contributed by atoms with van der Waals surface area (Å²) < 4.78 is 81.4. The zero-order valence-corrected chi connectivity index (χ0v) is 21.1. The van der Waals surface area contributed by atoms with Crippen molar-refractivity contribution < 1.29 is 31.1 Å². The molecule has 1 aromatic rings. The molecule has 2 nitrogen and oxygen atoms in total. The van der Waals surface area contributed by atoms with Gasteiger partial charge in [0.1, 0.15) is 0 Å². The van der Waals surface area contributed by atoms with Crippen LogP contribution in [-0.4, -0.2) is 23.9 Å². The van der Waals surface area contributed by atoms with Gasteiger partial charge in [0.05, 0.1) is 11.1 Å². The zero-order valence-electron chi connectivity index (χ0n) is 21.1. The maximum absolute atomic E-state index is 13.6. The van der Waals surface area contributed by atoms with Crippen LogP contribution in [0.1, 0.15) is 76.0 Å². The molecule has 8 heteroatoms. The van der Waals surface area contributed by atoms with Crippen molar-refractivity contribution in [3.63, 3.8) is 0 Å². The van der Waals surface area contributed by atoms with Gasteiger partial charge in [-0.3, -0.25) is 4.79 Å². The third kappa shape index (κ3) is 3.72. The lowest BCUT2D eigenvalue weighted by atomic mass is 9.44. The second-order valence-corrected chi connectivity index (χ2v) is 12.1. The number of piperidine rings is 1. The highest BCUT2D eigenvalue weighted by molar-refractivity contribution is 5.77. The highest BCUT2D eigenvalue weighted by Gasteiger charge is 2.61. The van der Waals surface area contributed by atoms with E-state index in [1.165, 1.54) is 0 Å². The number of allylic oxidation sites excluding steroid dienone is 2. The topological polar surface area (TPSA) is 20.3 Å². The molecule has 0 bridgehead atoms. The molecule has 1 aliphatic heterocycles. The lowest BCUT2D eigenvalue weighted by molar-refractivity contribution is -0.162. The molecule has 2 saturated carbocycles. The quantitative estimate of drug-likeness (QED) is 0.351. The molecule has 4 aliphatic rings. The summed E-state index contributed by atoms with van der Waals surface area (Å²) in [6, 6.07) is 2.17. The van der Waals surface area contributed by atoms with Gasteiger partial charge >= 0.3 is 12.4 Å². The molecule has 0 unspecified atom stereocenters. The number of hydrogen-bond acceptors (Lipinski definition) is 1. The summed E-state index contributed by atoms with van der Waals surface area (Å²) in [4.78, 5) is 14.4. The van der Waals surface area contributed by atoms with Crippen molar-refractivity contribution in [2.75, 3.05) is 7.05 Å². The number of amides is 1. The third-order valence-corrected chi connectivity index (χ3v) is 10.4. The van der Waals surface area contributed by atoms with Gasteiger partial charge in [0.2, 0.25) is 5.91 Å². The first-order valence-corrected chi connectivity index (χ1v) is 12.8. The number of nitrogens with zero attached hydrogens (tertiary/aromatic N) is 1. The molecule has 1 amide bonds. The molecule has 3 fully saturated rings. The van der Waals surface area contributed by atoms with Gasteiger partial charge in [0.25, 0.3) is 0 Å². The van der Waals surface area contributed by atoms with Crippen LogP contribution < -0.4 is 0 Å². The minimum absolute atomic E-state index is 0.0242. The Morgan fingerprint density at radius 1 is 0.944 bits per heavy atom. The van der Waals surface area contributed by atoms with Crippen LogP contribution in [-0.2, 0) is 17.1 Å². The lowest BCUT2D eigenvalue weighted by Crippen LogP contribution is -2.63. The maximum atomic E-state index is 13.6. The molecule has 198 valence electrons. The predicted molar refractivity (Wildman–Crippen MR) is 125 cm³/mol. The molecule has 0 aromatic heterocycles. The number of halogens is 6. The van der Waals surface area contributed by atoms with Gasteiger partial charge in [0, 0.05) is 19.5 Å². The highest BCUT2D eigenvalue weighted by Crippen LogP contribution is 2.67. The van der Waals surface area contributed by atoms with Crippen molar-refractivity contribution in [1.29, 1.82) is 0 Å². The maximum Gasteiger partial charge on any atom is 0.416 e. The average Bonchev–Trinajstić information content (AvgIpc) is 3.14. The van der Waals surface area contributed by atoms with Crippen LogP contribution in [0, 0.1) is 34.5 Å². The van der Waals surface area contributed by atoms with Gasteiger partial charge in [0.15, 0.2) is 0 Å². The van der Waals surface area contributed by atoms with Crippen molar-refractivity contribution in [3.05, 3.63) is 41.0 Å². The Kier molecular flexibility index (Phi) is 5.70. The van der Waals surface area contributed by atoms with Crippen molar-refractivity contribution in [1.82, 2.24) is 4.90 Å². The minimum Gasteiger partial charge on any atom is -0.342 e. The first-order chi connectivity index (χ1) is 16.6. The summed E-state index contributed by atoms with van der Waals surface area (Å²) in [5, 5.41) is 0. The van der Waals surface area contributed by atoms with Gasteiger partial charge in [-0.05, 0) is 95.9 Å². The van der Waals surface area contributed by atoms with Crippen LogP contribution in [0.25, 0.3) is 5.57 Å². The van der Waals surface area contributed by atoms with Crippen LogP contribution in [0.5, 0.6) is 0 Å². The summed E-state index contributed by atoms with van der Waals surface area (Å²) >= 11 is 0. The van der Waals surface area contributed by atoms with E-state index in [9.17, 15) is 31.1 Å². The molecule has 0 spiro atoms. The molecule has 5 rings (SSSR count). The second-order valence-electron chi connectivity index (χ2n) is 12.1. The number of rotatable bonds is 1. The molecule has 0 radical (unpaired) electrons. The van der Waals surface area contributed by atoms with Crippen molar-refractivity contribution in [3.8, 4) is 0 Å². The summed E-state index contributed by atoms with van der Waals surface area (Å²) in [5.74, 6) is 1.34. The summed E-state index contributed by atoms with van der Waals surface area (Å²) in [5.41, 5.74) is -2.37. The van der Waals surface area contributed by atoms with Crippen molar-refractivity contribution in [2.45, 2.75) is 77.7 Å². The standard InChI is InChI=1S/C28H33F6NO/c1-15-11-22-26(3,10-8-23(36)35(22)4)21-7-9-25(2)19(5-6-20(25)24(15)21)16-12-17(27(29,30)31)14-18(13-16)28(32,33)34/h5,12-15,20-22,24H,6-11H2,1-4H3/t15-,20-,21-,22+,24-,25+,26+/m0/s1. The smallest absolute Gasteiger partial charge is 0.342 e. The minimum atomic E-state index is -4.86. The molecule has 36 heavy (non-hydrogen) atoms. The number of fused-ring (bicyclic) bond motifs is 5. The van der Waals surface area contributed by atoms with E-state index in [2.05, 4.69) is 13.8 Å². The van der Waals surface area contributed by atoms with Crippen LogP contribution in [0.3, 0.4) is 0 Å². The number of likely N-dealkylation sites (tertiary alicyclic amines) is 1. The predicted octanol–water partition coefficient (Wildman–Crippen LogP) is 7.83. The third-order valence-electron chi connectivity index (χ3n) is 10.4. The number of alkyl halides is 6. The van der Waals surface area contributed by atoms with E-state index in [-0.39, 0.29) is 34.9 Å². The Labute approximate surface area is 208 Å². The molecular weight excluding hydrogens is 480 g/mol. The van der Waals surface area contributed by atoms with Crippen molar-refractivity contribution in [2.24, 2.45) is 34.5 Å². The van der Waals surface area contributed by atoms with Crippen LogP contribution >= 0.6 is 0 Å². The monoisotopic (exact) mass is 513 g/mol. The number of hydrogen-bond donors (Lipinski definition) is 0. The van der Waals surface area contributed by atoms with E-state index in [0.29, 0.717) is 36.2 Å². The van der Waals surface area contributed by atoms with Gasteiger partial charge < -0.3 is 4.90 Å². The van der Waals surface area contributed by atoms with E-state index in [1.54, 1.807) is 0 Å². The van der Waals surface area contributed by atoms with E-state index < -0.39 is 28.9 Å². The molecule has 1 heterocycles. The van der Waals surface area contributed by atoms with Gasteiger partial charge in [-0.25, -0.2) is 0 Å². The molecule has 3 aliphatic carbocycles. The number of benzene rings is 1. The van der Waals surface area contributed by atoms with Gasteiger partial charge in [-0.2, -0.15) is 26.3 Å². The lowest BCUT2D eigenvalue weighted by Gasteiger charge is -2.63. The molecule has 7 atom stereocenters. The second kappa shape index (κ2) is 8.00. The fourth-order valence-electron chi connectivity index (χ4n) is 8.59. The SMILES string of the molecule is C[C@H]1C[C@H]2N(C)C(=O)CC[C@]2(C)[C@H]2CC[C@]3(C)C(c4cc(C(F)(F)F)cc(C(F)(F)F)c4)=CC[C@H]3[C@H]12.